The first kappa shape index (κ1) is 12.3. The van der Waals surface area contributed by atoms with Crippen LogP contribution in [0.2, 0.25) is 0 Å². The Morgan fingerprint density at radius 2 is 1.39 bits per heavy atom. The van der Waals surface area contributed by atoms with Gasteiger partial charge in [-0.1, -0.05) is 24.3 Å². The van der Waals surface area contributed by atoms with Gasteiger partial charge in [-0.2, -0.15) is 30.8 Å². The van der Waals surface area contributed by atoms with Crippen LogP contribution in [0.5, 0.6) is 0 Å². The van der Waals surface area contributed by atoms with Crippen molar-refractivity contribution in [2.75, 3.05) is 0 Å². The maximum absolute atomic E-state index is 4.61. The molecule has 1 aliphatic heterocycles. The van der Waals surface area contributed by atoms with Crippen molar-refractivity contribution in [2.24, 2.45) is 4.99 Å². The number of hydrogen-bond donors (Lipinski definition) is 3. The van der Waals surface area contributed by atoms with Crippen molar-refractivity contribution in [2.45, 2.75) is 12.1 Å². The summed E-state index contributed by atoms with van der Waals surface area (Å²) in [7, 11) is 0. The average molecular weight is 304 g/mol. The Morgan fingerprint density at radius 3 is 2.13 bits per heavy atom. The van der Waals surface area contributed by atoms with Gasteiger partial charge in [0, 0.05) is 11.1 Å². The number of nitrogens with zero attached hydrogens (tertiary/aromatic N) is 5. The molecular weight excluding hydrogens is 292 g/mol. The van der Waals surface area contributed by atoms with Gasteiger partial charge >= 0.3 is 0 Å². The summed E-state index contributed by atoms with van der Waals surface area (Å²) in [6.07, 6.45) is 1.74. The second kappa shape index (κ2) is 4.60. The zero-order valence-electron chi connectivity index (χ0n) is 11.9. The predicted octanol–water partition coefficient (Wildman–Crippen LogP) is 1.64. The van der Waals surface area contributed by atoms with Crippen LogP contribution in [0.3, 0.4) is 0 Å². The van der Waals surface area contributed by atoms with Crippen LogP contribution in [0.4, 0.5) is 0 Å². The second-order valence-corrected chi connectivity index (χ2v) is 5.44. The SMILES string of the molecule is C1=NC(c2cccc3n[nH]nc23)C(c2cccc3n[nH]nc23)N1. The molecule has 2 unspecified atom stereocenters. The maximum atomic E-state index is 4.61. The van der Waals surface area contributed by atoms with E-state index in [1.165, 1.54) is 0 Å². The van der Waals surface area contributed by atoms with Gasteiger partial charge in [0.15, 0.2) is 0 Å². The monoisotopic (exact) mass is 304 g/mol. The van der Waals surface area contributed by atoms with Gasteiger partial charge in [-0.3, -0.25) is 4.99 Å². The lowest BCUT2D eigenvalue weighted by Gasteiger charge is -2.19. The molecule has 1 aliphatic rings. The highest BCUT2D eigenvalue weighted by Crippen LogP contribution is 2.38. The molecule has 2 atom stereocenters. The van der Waals surface area contributed by atoms with Crippen molar-refractivity contribution in [1.29, 1.82) is 0 Å². The number of H-pyrrole nitrogens is 2. The third kappa shape index (κ3) is 1.75. The van der Waals surface area contributed by atoms with Crippen molar-refractivity contribution in [3.63, 3.8) is 0 Å². The fourth-order valence-electron chi connectivity index (χ4n) is 3.17. The number of rotatable bonds is 2. The van der Waals surface area contributed by atoms with Gasteiger partial charge < -0.3 is 5.32 Å². The molecule has 0 amide bonds. The number of benzene rings is 2. The molecule has 23 heavy (non-hydrogen) atoms. The summed E-state index contributed by atoms with van der Waals surface area (Å²) >= 11 is 0. The molecule has 5 rings (SSSR count). The highest BCUT2D eigenvalue weighted by molar-refractivity contribution is 5.81. The number of hydrogen-bond acceptors (Lipinski definition) is 6. The van der Waals surface area contributed by atoms with Crippen LogP contribution in [-0.2, 0) is 0 Å². The Hall–Kier alpha value is -3.29. The van der Waals surface area contributed by atoms with Gasteiger partial charge in [0.25, 0.3) is 0 Å². The lowest BCUT2D eigenvalue weighted by Crippen LogP contribution is -2.19. The molecule has 0 aliphatic carbocycles. The number of aromatic nitrogens is 6. The summed E-state index contributed by atoms with van der Waals surface area (Å²) in [5.41, 5.74) is 5.46. The molecule has 112 valence electrons. The first-order valence-electron chi connectivity index (χ1n) is 7.28. The zero-order valence-corrected chi connectivity index (χ0v) is 11.9. The van der Waals surface area contributed by atoms with Crippen LogP contribution < -0.4 is 5.32 Å². The molecule has 2 aromatic carbocycles. The summed E-state index contributed by atoms with van der Waals surface area (Å²) in [4.78, 5) is 4.61. The number of para-hydroxylation sites is 2. The Labute approximate surface area is 130 Å². The molecule has 0 fully saturated rings. The summed E-state index contributed by atoms with van der Waals surface area (Å²) in [5.74, 6) is 0. The number of nitrogens with one attached hydrogen (secondary N) is 3. The lowest BCUT2D eigenvalue weighted by molar-refractivity contribution is 0.578. The van der Waals surface area contributed by atoms with Crippen molar-refractivity contribution >= 4 is 28.4 Å². The first-order chi connectivity index (χ1) is 11.4. The highest BCUT2D eigenvalue weighted by Gasteiger charge is 2.31. The lowest BCUT2D eigenvalue weighted by atomic mass is 9.93. The van der Waals surface area contributed by atoms with E-state index < -0.39 is 0 Å². The Morgan fingerprint density at radius 1 is 0.739 bits per heavy atom. The van der Waals surface area contributed by atoms with Gasteiger partial charge in [-0.15, -0.1) is 0 Å². The molecule has 3 N–H and O–H groups in total. The van der Waals surface area contributed by atoms with E-state index in [0.29, 0.717) is 0 Å². The summed E-state index contributed by atoms with van der Waals surface area (Å²) in [6, 6.07) is 11.8. The van der Waals surface area contributed by atoms with Crippen LogP contribution in [0.25, 0.3) is 22.1 Å². The normalized spacial score (nSPS) is 20.3. The molecule has 4 aromatic rings. The van der Waals surface area contributed by atoms with Crippen molar-refractivity contribution in [3.05, 3.63) is 47.5 Å². The third-order valence-electron chi connectivity index (χ3n) is 4.22. The Balaban J connectivity index is 1.67. The van der Waals surface area contributed by atoms with Crippen molar-refractivity contribution in [3.8, 4) is 0 Å². The molecule has 0 radical (unpaired) electrons. The van der Waals surface area contributed by atoms with Crippen LogP contribution in [-0.4, -0.2) is 37.2 Å². The molecule has 0 saturated heterocycles. The van der Waals surface area contributed by atoms with Crippen LogP contribution >= 0.6 is 0 Å². The second-order valence-electron chi connectivity index (χ2n) is 5.44. The van der Waals surface area contributed by atoms with Gasteiger partial charge in [0.05, 0.1) is 12.4 Å². The Bertz CT molecular complexity index is 1030. The van der Waals surface area contributed by atoms with E-state index in [9.17, 15) is 0 Å². The van der Waals surface area contributed by atoms with Crippen molar-refractivity contribution < 1.29 is 0 Å². The van der Waals surface area contributed by atoms with Gasteiger partial charge in [-0.25, -0.2) is 0 Å². The maximum Gasteiger partial charge on any atom is 0.118 e. The standard InChI is InChI=1S/C15H12N8/c1-3-8(12-10(5-1)18-22-20-12)14-15(17-7-16-14)9-4-2-6-11-13(9)21-23-19-11/h1-7,14-15H,(H,16,17)(H,18,20,22)(H,19,21,23). The van der Waals surface area contributed by atoms with Gasteiger partial charge in [0.2, 0.25) is 0 Å². The molecule has 0 saturated carbocycles. The minimum Gasteiger partial charge on any atom is -0.367 e. The van der Waals surface area contributed by atoms with Crippen LogP contribution in [0, 0.1) is 0 Å². The predicted molar refractivity (Wildman–Crippen MR) is 84.9 cm³/mol. The summed E-state index contributed by atoms with van der Waals surface area (Å²) < 4.78 is 0. The molecule has 3 heterocycles. The van der Waals surface area contributed by atoms with E-state index in [-0.39, 0.29) is 12.1 Å². The quantitative estimate of drug-likeness (QED) is 0.522. The fourth-order valence-corrected chi connectivity index (χ4v) is 3.17. The number of aliphatic imine (C=N–C) groups is 1. The average Bonchev–Trinajstić information content (AvgIpc) is 3.32. The topological polar surface area (TPSA) is 108 Å². The van der Waals surface area contributed by atoms with Crippen molar-refractivity contribution in [1.82, 2.24) is 36.1 Å². The smallest absolute Gasteiger partial charge is 0.118 e. The summed E-state index contributed by atoms with van der Waals surface area (Å²) in [5, 5.41) is 25.6. The van der Waals surface area contributed by atoms with Gasteiger partial charge in [0.1, 0.15) is 28.1 Å². The minimum absolute atomic E-state index is 0.0221. The fraction of sp³-hybridized carbons (Fsp3) is 0.133. The van der Waals surface area contributed by atoms with E-state index in [1.54, 1.807) is 6.34 Å². The molecule has 0 spiro atoms. The number of fused-ring (bicyclic) bond motifs is 2. The molecule has 2 aromatic heterocycles. The van der Waals surface area contributed by atoms with E-state index >= 15 is 0 Å². The summed E-state index contributed by atoms with van der Waals surface area (Å²) in [6.45, 7) is 0. The minimum atomic E-state index is -0.0916. The van der Waals surface area contributed by atoms with Crippen LogP contribution in [0.15, 0.2) is 41.4 Å². The van der Waals surface area contributed by atoms with Gasteiger partial charge in [-0.05, 0) is 12.1 Å². The highest BCUT2D eigenvalue weighted by atomic mass is 15.3. The van der Waals surface area contributed by atoms with E-state index in [1.807, 2.05) is 36.4 Å². The Kier molecular flexibility index (Phi) is 2.46. The molecular formula is C15H12N8. The number of aromatic amines is 2. The zero-order chi connectivity index (χ0) is 15.2. The van der Waals surface area contributed by atoms with E-state index in [4.69, 9.17) is 0 Å². The van der Waals surface area contributed by atoms with Crippen LogP contribution in [0.1, 0.15) is 23.2 Å². The third-order valence-corrected chi connectivity index (χ3v) is 4.22. The van der Waals surface area contributed by atoms with E-state index in [2.05, 4.69) is 41.1 Å². The molecule has 0 bridgehead atoms. The molecule has 8 heteroatoms. The first-order valence-corrected chi connectivity index (χ1v) is 7.28. The largest absolute Gasteiger partial charge is 0.367 e. The molecule has 8 nitrogen and oxygen atoms in total. The van der Waals surface area contributed by atoms with E-state index in [0.717, 1.165) is 33.2 Å².